The number of hydrogen-bond donors (Lipinski definition) is 1. The largest absolute Gasteiger partial charge is 0.396 e. The number of hydrogen-bond acceptors (Lipinski definition) is 3. The van der Waals surface area contributed by atoms with Crippen molar-refractivity contribution >= 4 is 0 Å². The van der Waals surface area contributed by atoms with Crippen LogP contribution in [0.4, 0.5) is 0 Å². The van der Waals surface area contributed by atoms with Crippen LogP contribution in [0.2, 0.25) is 0 Å². The Kier molecular flexibility index (Phi) is 1.56. The van der Waals surface area contributed by atoms with Gasteiger partial charge in [-0.2, -0.15) is 0 Å². The topological polar surface area (TPSA) is 38.7 Å². The van der Waals surface area contributed by atoms with Gasteiger partial charge in [-0.25, -0.2) is 0 Å². The minimum atomic E-state index is -0.0231. The molecule has 0 radical (unpaired) electrons. The van der Waals surface area contributed by atoms with Crippen molar-refractivity contribution in [2.24, 2.45) is 11.3 Å². The summed E-state index contributed by atoms with van der Waals surface area (Å²) in [7, 11) is 0. The molecule has 3 aliphatic rings. The van der Waals surface area contributed by atoms with Gasteiger partial charge < -0.3 is 14.6 Å². The molecule has 3 fully saturated rings. The van der Waals surface area contributed by atoms with Crippen LogP contribution in [0.3, 0.4) is 0 Å². The predicted octanol–water partition coefficient (Wildman–Crippen LogP) is 0.564. The summed E-state index contributed by atoms with van der Waals surface area (Å²) < 4.78 is 11.2. The van der Waals surface area contributed by atoms with E-state index in [0.29, 0.717) is 12.5 Å². The second-order valence-corrected chi connectivity index (χ2v) is 4.63. The normalized spacial score (nSPS) is 46.4. The highest BCUT2D eigenvalue weighted by Crippen LogP contribution is 2.67. The number of rotatable bonds is 1. The van der Waals surface area contributed by atoms with Crippen molar-refractivity contribution in [1.82, 2.24) is 0 Å². The molecule has 1 aliphatic carbocycles. The first-order chi connectivity index (χ1) is 6.33. The number of ether oxygens (including phenoxy) is 2. The van der Waals surface area contributed by atoms with E-state index < -0.39 is 0 Å². The molecule has 0 aromatic carbocycles. The van der Waals surface area contributed by atoms with Gasteiger partial charge in [0, 0.05) is 31.5 Å². The highest BCUT2D eigenvalue weighted by atomic mass is 16.5. The molecule has 1 N–H and O–H groups in total. The van der Waals surface area contributed by atoms with Crippen LogP contribution in [0, 0.1) is 11.3 Å². The SMILES string of the molecule is OCC12CC1COC21CCOCC1. The molecule has 1 spiro atoms. The zero-order chi connectivity index (χ0) is 8.94. The van der Waals surface area contributed by atoms with Crippen LogP contribution >= 0.6 is 0 Å². The van der Waals surface area contributed by atoms with Crippen LogP contribution in [-0.4, -0.2) is 37.1 Å². The molecule has 2 unspecified atom stereocenters. The van der Waals surface area contributed by atoms with Gasteiger partial charge in [-0.05, 0) is 12.3 Å². The van der Waals surface area contributed by atoms with Gasteiger partial charge in [0.1, 0.15) is 0 Å². The van der Waals surface area contributed by atoms with Gasteiger partial charge in [0.2, 0.25) is 0 Å². The average molecular weight is 184 g/mol. The third-order valence-corrected chi connectivity index (χ3v) is 4.28. The van der Waals surface area contributed by atoms with E-state index in [1.54, 1.807) is 0 Å². The molecule has 3 nitrogen and oxygen atoms in total. The summed E-state index contributed by atoms with van der Waals surface area (Å²) in [6, 6.07) is 0. The smallest absolute Gasteiger partial charge is 0.0807 e. The predicted molar refractivity (Wildman–Crippen MR) is 46.4 cm³/mol. The number of aliphatic hydroxyl groups is 1. The van der Waals surface area contributed by atoms with Crippen molar-refractivity contribution < 1.29 is 14.6 Å². The lowest BCUT2D eigenvalue weighted by Gasteiger charge is -2.39. The summed E-state index contributed by atoms with van der Waals surface area (Å²) in [6.07, 6.45) is 3.12. The van der Waals surface area contributed by atoms with Gasteiger partial charge >= 0.3 is 0 Å². The Balaban J connectivity index is 1.88. The van der Waals surface area contributed by atoms with Crippen molar-refractivity contribution in [2.75, 3.05) is 26.4 Å². The molecule has 0 bridgehead atoms. The van der Waals surface area contributed by atoms with Crippen LogP contribution in [0.5, 0.6) is 0 Å². The average Bonchev–Trinajstić information content (AvgIpc) is 2.86. The Morgan fingerprint density at radius 1 is 1.31 bits per heavy atom. The summed E-state index contributed by atoms with van der Waals surface area (Å²) in [6.45, 7) is 2.77. The van der Waals surface area contributed by atoms with E-state index in [2.05, 4.69) is 0 Å². The standard InChI is InChI=1S/C10H16O3/c11-7-9-5-8(9)6-13-10(9)1-3-12-4-2-10/h8,11H,1-7H2. The maximum absolute atomic E-state index is 9.46. The van der Waals surface area contributed by atoms with Gasteiger partial charge in [0.15, 0.2) is 0 Å². The fourth-order valence-corrected chi connectivity index (χ4v) is 3.24. The van der Waals surface area contributed by atoms with E-state index in [1.165, 1.54) is 6.42 Å². The fourth-order valence-electron chi connectivity index (χ4n) is 3.24. The van der Waals surface area contributed by atoms with Crippen molar-refractivity contribution in [3.8, 4) is 0 Å². The molecule has 0 aromatic heterocycles. The van der Waals surface area contributed by atoms with Crippen molar-refractivity contribution in [3.63, 3.8) is 0 Å². The van der Waals surface area contributed by atoms with Crippen molar-refractivity contribution in [1.29, 1.82) is 0 Å². The quantitative estimate of drug-likeness (QED) is 0.647. The maximum Gasteiger partial charge on any atom is 0.0807 e. The van der Waals surface area contributed by atoms with E-state index >= 15 is 0 Å². The molecular formula is C10H16O3. The zero-order valence-corrected chi connectivity index (χ0v) is 7.79. The molecule has 74 valence electrons. The summed E-state index contributed by atoms with van der Waals surface area (Å²) in [5.74, 6) is 0.635. The van der Waals surface area contributed by atoms with Crippen LogP contribution in [0.15, 0.2) is 0 Å². The Morgan fingerprint density at radius 3 is 2.69 bits per heavy atom. The lowest BCUT2D eigenvalue weighted by molar-refractivity contribution is -0.128. The maximum atomic E-state index is 9.46. The van der Waals surface area contributed by atoms with Crippen LogP contribution in [0.25, 0.3) is 0 Å². The van der Waals surface area contributed by atoms with E-state index in [1.807, 2.05) is 0 Å². The number of aliphatic hydroxyl groups excluding tert-OH is 1. The molecule has 2 saturated heterocycles. The van der Waals surface area contributed by atoms with E-state index in [9.17, 15) is 5.11 Å². The van der Waals surface area contributed by atoms with E-state index in [-0.39, 0.29) is 11.0 Å². The third-order valence-electron chi connectivity index (χ3n) is 4.28. The van der Waals surface area contributed by atoms with E-state index in [0.717, 1.165) is 32.7 Å². The van der Waals surface area contributed by atoms with Gasteiger partial charge in [-0.1, -0.05) is 0 Å². The van der Waals surface area contributed by atoms with Gasteiger partial charge in [0.05, 0.1) is 18.8 Å². The third kappa shape index (κ3) is 0.853. The fraction of sp³-hybridized carbons (Fsp3) is 1.00. The zero-order valence-electron chi connectivity index (χ0n) is 7.79. The second kappa shape index (κ2) is 2.47. The van der Waals surface area contributed by atoms with Gasteiger partial charge in [-0.15, -0.1) is 0 Å². The molecule has 1 saturated carbocycles. The minimum absolute atomic E-state index is 0.0231. The lowest BCUT2D eigenvalue weighted by Crippen LogP contribution is -2.46. The summed E-state index contributed by atoms with van der Waals surface area (Å²) in [5, 5.41) is 9.46. The Labute approximate surface area is 78.0 Å². The van der Waals surface area contributed by atoms with E-state index in [4.69, 9.17) is 9.47 Å². The first-order valence-corrected chi connectivity index (χ1v) is 5.16. The molecule has 2 heterocycles. The van der Waals surface area contributed by atoms with Crippen LogP contribution < -0.4 is 0 Å². The van der Waals surface area contributed by atoms with Crippen LogP contribution in [-0.2, 0) is 9.47 Å². The van der Waals surface area contributed by atoms with Crippen molar-refractivity contribution in [2.45, 2.75) is 24.9 Å². The second-order valence-electron chi connectivity index (χ2n) is 4.63. The Bertz CT molecular complexity index is 218. The molecule has 13 heavy (non-hydrogen) atoms. The Hall–Kier alpha value is -0.120. The highest BCUT2D eigenvalue weighted by molar-refractivity contribution is 5.19. The Morgan fingerprint density at radius 2 is 2.08 bits per heavy atom. The van der Waals surface area contributed by atoms with Gasteiger partial charge in [0.25, 0.3) is 0 Å². The van der Waals surface area contributed by atoms with Crippen LogP contribution in [0.1, 0.15) is 19.3 Å². The minimum Gasteiger partial charge on any atom is -0.396 e. The first kappa shape index (κ1) is 8.21. The highest BCUT2D eigenvalue weighted by Gasteiger charge is 2.71. The molecule has 0 amide bonds. The molecule has 3 heteroatoms. The monoisotopic (exact) mass is 184 g/mol. The molecule has 2 aliphatic heterocycles. The molecular weight excluding hydrogens is 168 g/mol. The van der Waals surface area contributed by atoms with Gasteiger partial charge in [-0.3, -0.25) is 0 Å². The van der Waals surface area contributed by atoms with Crippen molar-refractivity contribution in [3.05, 3.63) is 0 Å². The molecule has 3 rings (SSSR count). The summed E-state index contributed by atoms with van der Waals surface area (Å²) in [4.78, 5) is 0. The summed E-state index contributed by atoms with van der Waals surface area (Å²) in [5.41, 5.74) is 0.0987. The summed E-state index contributed by atoms with van der Waals surface area (Å²) >= 11 is 0. The number of fused-ring (bicyclic) bond motifs is 2. The lowest BCUT2D eigenvalue weighted by atomic mass is 9.78. The first-order valence-electron chi connectivity index (χ1n) is 5.16. The molecule has 0 aromatic rings. The molecule has 2 atom stereocenters.